The van der Waals surface area contributed by atoms with Crippen molar-refractivity contribution in [3.63, 3.8) is 0 Å². The highest BCUT2D eigenvalue weighted by Crippen LogP contribution is 1.95. The van der Waals surface area contributed by atoms with Crippen LogP contribution in [0.4, 0.5) is 0 Å². The molecule has 0 unspecified atom stereocenters. The average molecular weight is 232 g/mol. The number of hydrogen-bond acceptors (Lipinski definition) is 2. The lowest BCUT2D eigenvalue weighted by molar-refractivity contribution is 0.473. The highest BCUT2D eigenvalue weighted by molar-refractivity contribution is 6.68. The minimum absolute atomic E-state index is 0.359. The van der Waals surface area contributed by atoms with E-state index in [1.807, 2.05) is 0 Å². The maximum absolute atomic E-state index is 3.66. The normalized spacial score (nSPS) is 10.8. The fourth-order valence-corrected chi connectivity index (χ4v) is 2.10. The summed E-state index contributed by atoms with van der Waals surface area (Å²) in [4.78, 5) is 2.46. The van der Waals surface area contributed by atoms with Gasteiger partial charge in [-0.15, -0.1) is 0 Å². The van der Waals surface area contributed by atoms with E-state index in [9.17, 15) is 0 Å². The van der Waals surface area contributed by atoms with Crippen molar-refractivity contribution in [1.82, 2.24) is 10.0 Å². The van der Waals surface area contributed by atoms with Gasteiger partial charge in [-0.05, 0) is 31.5 Å². The van der Waals surface area contributed by atoms with Gasteiger partial charge in [0, 0.05) is 0 Å². The van der Waals surface area contributed by atoms with Gasteiger partial charge in [0.1, 0.15) is 0 Å². The van der Waals surface area contributed by atoms with Gasteiger partial charge in [0.25, 0.3) is 0 Å². The lowest BCUT2D eigenvalue weighted by atomic mass is 9.66. The monoisotopic (exact) mass is 232 g/mol. The van der Waals surface area contributed by atoms with Crippen LogP contribution in [0.5, 0.6) is 0 Å². The molecule has 94 valence electrons. The van der Waals surface area contributed by atoms with Gasteiger partial charge < -0.3 is 10.0 Å². The Hall–Kier alpha value is -0.795. The Morgan fingerprint density at radius 3 is 2.24 bits per heavy atom. The van der Waals surface area contributed by atoms with Crippen molar-refractivity contribution < 1.29 is 0 Å². The first-order chi connectivity index (χ1) is 8.33. The van der Waals surface area contributed by atoms with Gasteiger partial charge in [-0.3, -0.25) is 0 Å². The third-order valence-electron chi connectivity index (χ3n) is 3.16. The Labute approximate surface area is 107 Å². The molecule has 0 aromatic heterocycles. The van der Waals surface area contributed by atoms with E-state index in [2.05, 4.69) is 61.1 Å². The lowest BCUT2D eigenvalue weighted by Gasteiger charge is -2.27. The second-order valence-corrected chi connectivity index (χ2v) is 4.34. The standard InChI is InChI=1S/C14H25BN2/c1-4-7-13-16-15(17(5-2)6-3)14-11-9-8-10-12-14/h8-12,16H,4-7,13H2,1-3H3. The molecule has 0 amide bonds. The molecule has 0 aliphatic heterocycles. The summed E-state index contributed by atoms with van der Waals surface area (Å²) < 4.78 is 0. The maximum Gasteiger partial charge on any atom is 0.343 e. The fourth-order valence-electron chi connectivity index (χ4n) is 2.10. The van der Waals surface area contributed by atoms with Crippen LogP contribution in [-0.4, -0.2) is 31.4 Å². The predicted octanol–water partition coefficient (Wildman–Crippen LogP) is 2.11. The van der Waals surface area contributed by atoms with Gasteiger partial charge >= 0.3 is 6.98 Å². The number of unbranched alkanes of at least 4 members (excludes halogenated alkanes) is 1. The first-order valence-corrected chi connectivity index (χ1v) is 6.85. The molecule has 0 saturated carbocycles. The first-order valence-electron chi connectivity index (χ1n) is 6.85. The Morgan fingerprint density at radius 1 is 1.06 bits per heavy atom. The molecule has 0 bridgehead atoms. The molecule has 0 fully saturated rings. The molecule has 3 heteroatoms. The van der Waals surface area contributed by atoms with Crippen molar-refractivity contribution in [3.8, 4) is 0 Å². The zero-order valence-corrected chi connectivity index (χ0v) is 11.4. The summed E-state index contributed by atoms with van der Waals surface area (Å²) in [5.41, 5.74) is 1.37. The highest BCUT2D eigenvalue weighted by atomic mass is 15.1. The Kier molecular flexibility index (Phi) is 6.98. The van der Waals surface area contributed by atoms with Crippen LogP contribution in [0, 0.1) is 0 Å². The van der Waals surface area contributed by atoms with Crippen molar-refractivity contribution in [2.75, 3.05) is 19.6 Å². The van der Waals surface area contributed by atoms with Gasteiger partial charge in [-0.2, -0.15) is 0 Å². The van der Waals surface area contributed by atoms with Gasteiger partial charge in [-0.25, -0.2) is 0 Å². The molecule has 1 aromatic rings. The third-order valence-corrected chi connectivity index (χ3v) is 3.16. The van der Waals surface area contributed by atoms with Gasteiger partial charge in [0.05, 0.1) is 0 Å². The highest BCUT2D eigenvalue weighted by Gasteiger charge is 2.22. The molecule has 1 N–H and O–H groups in total. The molecular weight excluding hydrogens is 207 g/mol. The van der Waals surface area contributed by atoms with E-state index in [0.29, 0.717) is 6.98 Å². The van der Waals surface area contributed by atoms with Gasteiger partial charge in [-0.1, -0.05) is 57.5 Å². The first kappa shape index (κ1) is 14.3. The molecule has 1 aromatic carbocycles. The molecule has 0 spiro atoms. The van der Waals surface area contributed by atoms with E-state index in [0.717, 1.165) is 19.6 Å². The van der Waals surface area contributed by atoms with E-state index < -0.39 is 0 Å². The fraction of sp³-hybridized carbons (Fsp3) is 0.571. The zero-order chi connectivity index (χ0) is 12.5. The van der Waals surface area contributed by atoms with Crippen molar-refractivity contribution in [2.24, 2.45) is 0 Å². The summed E-state index contributed by atoms with van der Waals surface area (Å²) in [5.74, 6) is 0. The van der Waals surface area contributed by atoms with Crippen LogP contribution in [0.15, 0.2) is 30.3 Å². The lowest BCUT2D eigenvalue weighted by Crippen LogP contribution is -2.58. The van der Waals surface area contributed by atoms with E-state index in [1.165, 1.54) is 18.3 Å². The molecule has 0 heterocycles. The van der Waals surface area contributed by atoms with Gasteiger partial charge in [0.15, 0.2) is 0 Å². The molecule has 0 radical (unpaired) electrons. The largest absolute Gasteiger partial charge is 0.343 e. The molecule has 1 rings (SSSR count). The number of benzene rings is 1. The van der Waals surface area contributed by atoms with Crippen LogP contribution in [0.25, 0.3) is 0 Å². The number of nitrogens with zero attached hydrogens (tertiary/aromatic N) is 1. The Bertz CT molecular complexity index is 286. The maximum atomic E-state index is 3.66. The quantitative estimate of drug-likeness (QED) is 0.545. The Morgan fingerprint density at radius 2 is 1.71 bits per heavy atom. The SMILES string of the molecule is CCCCNB(c1ccccc1)N(CC)CC. The van der Waals surface area contributed by atoms with Crippen LogP contribution in [0.1, 0.15) is 33.6 Å². The minimum atomic E-state index is 0.359. The molecule has 17 heavy (non-hydrogen) atoms. The molecule has 0 aliphatic carbocycles. The van der Waals surface area contributed by atoms with Crippen LogP contribution < -0.4 is 10.7 Å². The van der Waals surface area contributed by atoms with Crippen molar-refractivity contribution in [3.05, 3.63) is 30.3 Å². The number of rotatable bonds is 8. The van der Waals surface area contributed by atoms with E-state index in [1.54, 1.807) is 0 Å². The predicted molar refractivity (Wildman–Crippen MR) is 77.7 cm³/mol. The summed E-state index contributed by atoms with van der Waals surface area (Å²) in [6, 6.07) is 10.7. The zero-order valence-electron chi connectivity index (χ0n) is 11.4. The van der Waals surface area contributed by atoms with Crippen LogP contribution >= 0.6 is 0 Å². The Balaban J connectivity index is 2.71. The third kappa shape index (κ3) is 4.53. The molecule has 0 aliphatic rings. The van der Waals surface area contributed by atoms with Crippen molar-refractivity contribution in [1.29, 1.82) is 0 Å². The topological polar surface area (TPSA) is 15.3 Å². The summed E-state index contributed by atoms with van der Waals surface area (Å²) >= 11 is 0. The van der Waals surface area contributed by atoms with E-state index in [-0.39, 0.29) is 0 Å². The van der Waals surface area contributed by atoms with E-state index in [4.69, 9.17) is 0 Å². The van der Waals surface area contributed by atoms with Crippen LogP contribution in [0.3, 0.4) is 0 Å². The van der Waals surface area contributed by atoms with Gasteiger partial charge in [0.2, 0.25) is 0 Å². The molecule has 0 saturated heterocycles. The van der Waals surface area contributed by atoms with Crippen molar-refractivity contribution >= 4 is 12.4 Å². The molecule has 0 atom stereocenters. The summed E-state index contributed by atoms with van der Waals surface area (Å²) in [7, 11) is 0. The summed E-state index contributed by atoms with van der Waals surface area (Å²) in [5, 5.41) is 3.66. The minimum Gasteiger partial charge on any atom is -0.338 e. The summed E-state index contributed by atoms with van der Waals surface area (Å²) in [6.45, 7) is 10.3. The second-order valence-electron chi connectivity index (χ2n) is 4.34. The van der Waals surface area contributed by atoms with Crippen LogP contribution in [0.2, 0.25) is 0 Å². The smallest absolute Gasteiger partial charge is 0.338 e. The number of nitrogens with one attached hydrogen (secondary N) is 1. The number of hydrogen-bond donors (Lipinski definition) is 1. The second kappa shape index (κ2) is 8.32. The molecular formula is C14H25BN2. The molecule has 2 nitrogen and oxygen atoms in total. The van der Waals surface area contributed by atoms with E-state index >= 15 is 0 Å². The van der Waals surface area contributed by atoms with Crippen LogP contribution in [-0.2, 0) is 0 Å². The average Bonchev–Trinajstić information content (AvgIpc) is 2.39. The van der Waals surface area contributed by atoms with Crippen molar-refractivity contribution in [2.45, 2.75) is 33.6 Å². The summed E-state index contributed by atoms with van der Waals surface area (Å²) in [6.07, 6.45) is 2.48.